The maximum absolute atomic E-state index is 5.14. The van der Waals surface area contributed by atoms with Crippen molar-refractivity contribution in [3.63, 3.8) is 0 Å². The van der Waals surface area contributed by atoms with E-state index in [4.69, 9.17) is 4.52 Å². The monoisotopic (exact) mass is 240 g/mol. The quantitative estimate of drug-likeness (QED) is 0.877. The van der Waals surface area contributed by atoms with Crippen molar-refractivity contribution in [2.45, 2.75) is 33.2 Å². The highest BCUT2D eigenvalue weighted by Gasteiger charge is 2.14. The smallest absolute Gasteiger partial charge is 0.138 e. The summed E-state index contributed by atoms with van der Waals surface area (Å²) in [4.78, 5) is 0. The minimum absolute atomic E-state index is 0.863. The van der Waals surface area contributed by atoms with Crippen LogP contribution in [0.2, 0.25) is 0 Å². The van der Waals surface area contributed by atoms with Crippen LogP contribution in [0, 0.1) is 19.8 Å². The van der Waals surface area contributed by atoms with Crippen molar-refractivity contribution in [1.29, 1.82) is 0 Å². The second-order valence-corrected chi connectivity index (χ2v) is 5.71. The van der Waals surface area contributed by atoms with E-state index in [2.05, 4.69) is 22.2 Å². The maximum Gasteiger partial charge on any atom is 0.138 e. The first-order valence-corrected chi connectivity index (χ1v) is 7.13. The molecule has 0 saturated carbocycles. The minimum Gasteiger partial charge on any atom is -0.361 e. The van der Waals surface area contributed by atoms with Gasteiger partial charge in [0.15, 0.2) is 0 Å². The Balaban J connectivity index is 1.75. The molecule has 90 valence electrons. The van der Waals surface area contributed by atoms with Gasteiger partial charge in [-0.15, -0.1) is 0 Å². The molecule has 0 unspecified atom stereocenters. The zero-order valence-corrected chi connectivity index (χ0v) is 10.9. The van der Waals surface area contributed by atoms with Crippen molar-refractivity contribution in [3.05, 3.63) is 17.0 Å². The summed E-state index contributed by atoms with van der Waals surface area (Å²) in [6, 6.07) is 0. The fourth-order valence-corrected chi connectivity index (χ4v) is 3.31. The first kappa shape index (κ1) is 12.0. The van der Waals surface area contributed by atoms with Crippen molar-refractivity contribution in [3.8, 4) is 0 Å². The number of nitrogens with zero attached hydrogens (tertiary/aromatic N) is 1. The third kappa shape index (κ3) is 3.01. The molecule has 4 heteroatoms. The average molecular weight is 240 g/mol. The lowest BCUT2D eigenvalue weighted by atomic mass is 10.0. The molecule has 1 aromatic rings. The van der Waals surface area contributed by atoms with Crippen LogP contribution in [-0.2, 0) is 6.54 Å². The summed E-state index contributed by atoms with van der Waals surface area (Å²) >= 11 is 2.08. The Labute approximate surface area is 101 Å². The van der Waals surface area contributed by atoms with E-state index in [0.717, 1.165) is 30.5 Å². The Morgan fingerprint density at radius 3 is 2.75 bits per heavy atom. The average Bonchev–Trinajstić information content (AvgIpc) is 2.62. The van der Waals surface area contributed by atoms with Crippen LogP contribution >= 0.6 is 11.8 Å². The number of aryl methyl sites for hydroxylation is 2. The maximum atomic E-state index is 5.14. The fraction of sp³-hybridized carbons (Fsp3) is 0.750. The Morgan fingerprint density at radius 1 is 1.38 bits per heavy atom. The highest BCUT2D eigenvalue weighted by atomic mass is 32.2. The van der Waals surface area contributed by atoms with Gasteiger partial charge >= 0.3 is 0 Å². The Hall–Kier alpha value is -0.480. The van der Waals surface area contributed by atoms with Crippen LogP contribution in [0.5, 0.6) is 0 Å². The molecule has 2 rings (SSSR count). The van der Waals surface area contributed by atoms with Gasteiger partial charge in [-0.25, -0.2) is 0 Å². The number of hydrogen-bond donors (Lipinski definition) is 1. The molecule has 0 aliphatic carbocycles. The number of aromatic nitrogens is 1. The molecule has 1 aliphatic heterocycles. The molecule has 16 heavy (non-hydrogen) atoms. The number of thioether (sulfide) groups is 1. The van der Waals surface area contributed by atoms with Gasteiger partial charge in [-0.3, -0.25) is 0 Å². The van der Waals surface area contributed by atoms with Gasteiger partial charge in [-0.2, -0.15) is 11.8 Å². The van der Waals surface area contributed by atoms with Crippen LogP contribution in [0.25, 0.3) is 0 Å². The molecule has 1 aromatic heterocycles. The number of hydrogen-bond acceptors (Lipinski definition) is 4. The van der Waals surface area contributed by atoms with Gasteiger partial charge in [0, 0.05) is 12.1 Å². The molecule has 1 aliphatic rings. The molecule has 0 radical (unpaired) electrons. The first-order valence-electron chi connectivity index (χ1n) is 5.97. The van der Waals surface area contributed by atoms with E-state index in [1.54, 1.807) is 0 Å². The molecule has 0 amide bonds. The van der Waals surface area contributed by atoms with Crippen molar-refractivity contribution < 1.29 is 4.52 Å². The number of nitrogens with one attached hydrogen (secondary N) is 1. The summed E-state index contributed by atoms with van der Waals surface area (Å²) in [6.07, 6.45) is 2.72. The minimum atomic E-state index is 0.863. The van der Waals surface area contributed by atoms with Crippen molar-refractivity contribution in [2.24, 2.45) is 5.92 Å². The number of rotatable bonds is 4. The molecule has 2 heterocycles. The van der Waals surface area contributed by atoms with E-state index >= 15 is 0 Å². The van der Waals surface area contributed by atoms with Gasteiger partial charge in [0.1, 0.15) is 5.76 Å². The standard InChI is InChI=1S/C12H20N2OS/c1-9-12(10(2)15-14-9)8-13-7-11-3-5-16-6-4-11/h11,13H,3-8H2,1-2H3. The van der Waals surface area contributed by atoms with Gasteiger partial charge in [0.05, 0.1) is 5.69 Å². The van der Waals surface area contributed by atoms with E-state index < -0.39 is 0 Å². The lowest BCUT2D eigenvalue weighted by molar-refractivity contribution is 0.391. The summed E-state index contributed by atoms with van der Waals surface area (Å²) in [5.41, 5.74) is 2.24. The summed E-state index contributed by atoms with van der Waals surface area (Å²) in [5.74, 6) is 4.47. The Bertz CT molecular complexity index is 312. The molecule has 1 fully saturated rings. The highest BCUT2D eigenvalue weighted by molar-refractivity contribution is 7.99. The zero-order chi connectivity index (χ0) is 11.4. The van der Waals surface area contributed by atoms with E-state index in [1.807, 2.05) is 13.8 Å². The summed E-state index contributed by atoms with van der Waals surface area (Å²) in [5, 5.41) is 7.49. The van der Waals surface area contributed by atoms with E-state index in [9.17, 15) is 0 Å². The predicted octanol–water partition coefficient (Wildman–Crippen LogP) is 2.52. The van der Waals surface area contributed by atoms with Crippen LogP contribution in [0.1, 0.15) is 29.9 Å². The van der Waals surface area contributed by atoms with Crippen molar-refractivity contribution >= 4 is 11.8 Å². The largest absolute Gasteiger partial charge is 0.361 e. The fourth-order valence-electron chi connectivity index (χ4n) is 2.11. The lowest BCUT2D eigenvalue weighted by Crippen LogP contribution is -2.25. The van der Waals surface area contributed by atoms with Gasteiger partial charge in [0.25, 0.3) is 0 Å². The second kappa shape index (κ2) is 5.73. The summed E-state index contributed by atoms with van der Waals surface area (Å²) in [6.45, 7) is 6.01. The van der Waals surface area contributed by atoms with Crippen LogP contribution in [0.3, 0.4) is 0 Å². The molecular weight excluding hydrogens is 220 g/mol. The molecular formula is C12H20N2OS. The van der Waals surface area contributed by atoms with Gasteiger partial charge in [-0.05, 0) is 50.7 Å². The lowest BCUT2D eigenvalue weighted by Gasteiger charge is -2.21. The first-order chi connectivity index (χ1) is 7.77. The molecule has 3 nitrogen and oxygen atoms in total. The topological polar surface area (TPSA) is 38.1 Å². The summed E-state index contributed by atoms with van der Waals surface area (Å²) < 4.78 is 5.14. The van der Waals surface area contributed by atoms with Crippen LogP contribution in [0.15, 0.2) is 4.52 Å². The second-order valence-electron chi connectivity index (χ2n) is 4.49. The molecule has 0 spiro atoms. The third-order valence-electron chi connectivity index (χ3n) is 3.26. The molecule has 1 saturated heterocycles. The van der Waals surface area contributed by atoms with E-state index in [1.165, 1.54) is 29.9 Å². The van der Waals surface area contributed by atoms with Gasteiger partial charge in [-0.1, -0.05) is 5.16 Å². The van der Waals surface area contributed by atoms with E-state index in [0.29, 0.717) is 0 Å². The van der Waals surface area contributed by atoms with Crippen LogP contribution in [0.4, 0.5) is 0 Å². The predicted molar refractivity (Wildman–Crippen MR) is 67.7 cm³/mol. The summed E-state index contributed by atoms with van der Waals surface area (Å²) in [7, 11) is 0. The van der Waals surface area contributed by atoms with Gasteiger partial charge in [0.2, 0.25) is 0 Å². The van der Waals surface area contributed by atoms with Gasteiger partial charge < -0.3 is 9.84 Å². The highest BCUT2D eigenvalue weighted by Crippen LogP contribution is 2.22. The molecule has 0 bridgehead atoms. The SMILES string of the molecule is Cc1noc(C)c1CNCC1CCSCC1. The Kier molecular flexibility index (Phi) is 4.29. The van der Waals surface area contributed by atoms with Crippen molar-refractivity contribution in [1.82, 2.24) is 10.5 Å². The van der Waals surface area contributed by atoms with Crippen LogP contribution < -0.4 is 5.32 Å². The van der Waals surface area contributed by atoms with Crippen molar-refractivity contribution in [2.75, 3.05) is 18.1 Å². The molecule has 0 atom stereocenters. The zero-order valence-electron chi connectivity index (χ0n) is 10.1. The third-order valence-corrected chi connectivity index (χ3v) is 4.31. The van der Waals surface area contributed by atoms with Crippen LogP contribution in [-0.4, -0.2) is 23.2 Å². The van der Waals surface area contributed by atoms with E-state index in [-0.39, 0.29) is 0 Å². The molecule has 0 aromatic carbocycles. The Morgan fingerprint density at radius 2 is 2.12 bits per heavy atom. The molecule has 1 N–H and O–H groups in total. The normalized spacial score (nSPS) is 17.9.